The first kappa shape index (κ1) is 12.9. The van der Waals surface area contributed by atoms with E-state index in [1.54, 1.807) is 11.3 Å². The molecule has 0 amide bonds. The first-order valence-corrected chi connectivity index (χ1v) is 7.71. The molecule has 2 heterocycles. The lowest BCUT2D eigenvalue weighted by atomic mass is 10.1. The first-order chi connectivity index (χ1) is 9.13. The van der Waals surface area contributed by atoms with Gasteiger partial charge in [-0.1, -0.05) is 11.6 Å². The van der Waals surface area contributed by atoms with E-state index >= 15 is 0 Å². The lowest BCUT2D eigenvalue weighted by molar-refractivity contribution is 0.153. The van der Waals surface area contributed by atoms with E-state index in [4.69, 9.17) is 4.42 Å². The van der Waals surface area contributed by atoms with Crippen LogP contribution in [-0.4, -0.2) is 5.11 Å². The highest BCUT2D eigenvalue weighted by Crippen LogP contribution is 2.31. The van der Waals surface area contributed by atoms with Crippen LogP contribution in [0.4, 0.5) is 0 Å². The second-order valence-electron chi connectivity index (χ2n) is 4.60. The second-order valence-corrected chi connectivity index (χ2v) is 6.46. The van der Waals surface area contributed by atoms with E-state index in [2.05, 4.69) is 22.0 Å². The van der Waals surface area contributed by atoms with Crippen LogP contribution in [0.3, 0.4) is 0 Å². The minimum Gasteiger partial charge on any atom is -0.458 e. The largest absolute Gasteiger partial charge is 0.458 e. The molecule has 0 bridgehead atoms. The Morgan fingerprint density at radius 3 is 2.89 bits per heavy atom. The molecule has 1 aromatic carbocycles. The van der Waals surface area contributed by atoms with Crippen LogP contribution >= 0.6 is 27.3 Å². The Bertz CT molecular complexity index is 714. The number of benzene rings is 1. The van der Waals surface area contributed by atoms with Gasteiger partial charge in [0.25, 0.3) is 0 Å². The van der Waals surface area contributed by atoms with Crippen molar-refractivity contribution in [1.82, 2.24) is 0 Å². The zero-order valence-electron chi connectivity index (χ0n) is 10.4. The highest BCUT2D eigenvalue weighted by Gasteiger charge is 2.16. The summed E-state index contributed by atoms with van der Waals surface area (Å²) in [6.07, 6.45) is -0.0421. The summed E-state index contributed by atoms with van der Waals surface area (Å²) in [5, 5.41) is 13.3. The molecule has 0 aliphatic rings. The summed E-state index contributed by atoms with van der Waals surface area (Å²) in [5.74, 6) is 0.626. The van der Waals surface area contributed by atoms with Crippen LogP contribution in [0, 0.1) is 6.92 Å². The van der Waals surface area contributed by atoms with Crippen LogP contribution in [0.5, 0.6) is 0 Å². The van der Waals surface area contributed by atoms with Crippen molar-refractivity contribution in [2.45, 2.75) is 19.4 Å². The molecule has 3 aromatic rings. The monoisotopic (exact) mass is 336 g/mol. The van der Waals surface area contributed by atoms with Gasteiger partial charge in [-0.15, -0.1) is 11.3 Å². The van der Waals surface area contributed by atoms with Gasteiger partial charge in [-0.25, -0.2) is 0 Å². The quantitative estimate of drug-likeness (QED) is 0.742. The van der Waals surface area contributed by atoms with Crippen molar-refractivity contribution < 1.29 is 9.52 Å². The maximum atomic E-state index is 10.3. The molecule has 0 spiro atoms. The van der Waals surface area contributed by atoms with Gasteiger partial charge in [0.05, 0.1) is 0 Å². The molecular formula is C15H13BrO2S. The van der Waals surface area contributed by atoms with Gasteiger partial charge in [-0.3, -0.25) is 0 Å². The Kier molecular flexibility index (Phi) is 3.48. The molecular weight excluding hydrogens is 324 g/mol. The van der Waals surface area contributed by atoms with Crippen LogP contribution < -0.4 is 0 Å². The van der Waals surface area contributed by atoms with E-state index in [1.807, 2.05) is 36.6 Å². The van der Waals surface area contributed by atoms with Gasteiger partial charge < -0.3 is 9.52 Å². The van der Waals surface area contributed by atoms with Crippen molar-refractivity contribution >= 4 is 38.2 Å². The Balaban J connectivity index is 1.89. The molecule has 1 unspecified atom stereocenters. The number of thiophene rings is 1. The number of hydrogen-bond acceptors (Lipinski definition) is 3. The van der Waals surface area contributed by atoms with Gasteiger partial charge in [0.2, 0.25) is 0 Å². The molecule has 0 aliphatic heterocycles. The van der Waals surface area contributed by atoms with E-state index in [0.717, 1.165) is 20.3 Å². The third-order valence-corrected chi connectivity index (χ3v) is 5.04. The average molecular weight is 337 g/mol. The Morgan fingerprint density at radius 2 is 2.16 bits per heavy atom. The molecule has 4 heteroatoms. The molecule has 0 saturated carbocycles. The number of furan rings is 1. The SMILES string of the molecule is Cc1ccc2oc(C(O)Cc3sccc3Br)cc2c1. The minimum absolute atomic E-state index is 0.567. The smallest absolute Gasteiger partial charge is 0.134 e. The normalized spacial score (nSPS) is 13.0. The number of aryl methyl sites for hydroxylation is 1. The molecule has 0 aliphatic carbocycles. The van der Waals surface area contributed by atoms with Gasteiger partial charge in [0.1, 0.15) is 17.4 Å². The number of aliphatic hydroxyl groups excluding tert-OH is 1. The summed E-state index contributed by atoms with van der Waals surface area (Å²) < 4.78 is 6.76. The summed E-state index contributed by atoms with van der Waals surface area (Å²) in [4.78, 5) is 1.13. The predicted molar refractivity (Wildman–Crippen MR) is 81.6 cm³/mol. The van der Waals surface area contributed by atoms with E-state index in [1.165, 1.54) is 5.56 Å². The van der Waals surface area contributed by atoms with Crippen LogP contribution in [0.1, 0.15) is 22.3 Å². The minimum atomic E-state index is -0.609. The van der Waals surface area contributed by atoms with Gasteiger partial charge in [-0.2, -0.15) is 0 Å². The molecule has 0 saturated heterocycles. The van der Waals surface area contributed by atoms with Crippen molar-refractivity contribution in [3.05, 3.63) is 56.4 Å². The molecule has 1 N–H and O–H groups in total. The summed E-state index contributed by atoms with van der Waals surface area (Å²) >= 11 is 5.11. The predicted octanol–water partition coefficient (Wildman–Crippen LogP) is 4.84. The lowest BCUT2D eigenvalue weighted by Crippen LogP contribution is -1.98. The number of halogens is 1. The van der Waals surface area contributed by atoms with Gasteiger partial charge >= 0.3 is 0 Å². The molecule has 0 fully saturated rings. The van der Waals surface area contributed by atoms with Crippen molar-refractivity contribution in [2.75, 3.05) is 0 Å². The molecule has 98 valence electrons. The third kappa shape index (κ3) is 2.61. The Labute approximate surface area is 123 Å². The molecule has 1 atom stereocenters. The topological polar surface area (TPSA) is 33.4 Å². The zero-order chi connectivity index (χ0) is 13.4. The van der Waals surface area contributed by atoms with E-state index in [0.29, 0.717) is 12.2 Å². The molecule has 2 nitrogen and oxygen atoms in total. The van der Waals surface area contributed by atoms with Crippen LogP contribution in [-0.2, 0) is 6.42 Å². The number of rotatable bonds is 3. The highest BCUT2D eigenvalue weighted by atomic mass is 79.9. The summed E-state index contributed by atoms with van der Waals surface area (Å²) in [6.45, 7) is 2.05. The third-order valence-electron chi connectivity index (χ3n) is 3.09. The molecule has 0 radical (unpaired) electrons. The first-order valence-electron chi connectivity index (χ1n) is 6.03. The standard InChI is InChI=1S/C15H13BrO2S/c1-9-2-3-13-10(6-9)7-14(18-13)12(17)8-15-11(16)4-5-19-15/h2-7,12,17H,8H2,1H3. The van der Waals surface area contributed by atoms with Crippen molar-refractivity contribution in [3.8, 4) is 0 Å². The van der Waals surface area contributed by atoms with E-state index in [9.17, 15) is 5.11 Å². The highest BCUT2D eigenvalue weighted by molar-refractivity contribution is 9.10. The van der Waals surface area contributed by atoms with Gasteiger partial charge in [0, 0.05) is 21.2 Å². The zero-order valence-corrected chi connectivity index (χ0v) is 12.8. The summed E-state index contributed by atoms with van der Waals surface area (Å²) in [7, 11) is 0. The van der Waals surface area contributed by atoms with Gasteiger partial charge in [0.15, 0.2) is 0 Å². The van der Waals surface area contributed by atoms with Crippen molar-refractivity contribution in [1.29, 1.82) is 0 Å². The number of fused-ring (bicyclic) bond motifs is 1. The fraction of sp³-hybridized carbons (Fsp3) is 0.200. The van der Waals surface area contributed by atoms with E-state index in [-0.39, 0.29) is 0 Å². The van der Waals surface area contributed by atoms with Crippen LogP contribution in [0.15, 0.2) is 44.6 Å². The summed E-state index contributed by atoms with van der Waals surface area (Å²) in [6, 6.07) is 9.94. The Morgan fingerprint density at radius 1 is 1.32 bits per heavy atom. The number of hydrogen-bond donors (Lipinski definition) is 1. The fourth-order valence-corrected chi connectivity index (χ4v) is 3.65. The maximum Gasteiger partial charge on any atom is 0.134 e. The second kappa shape index (κ2) is 5.12. The van der Waals surface area contributed by atoms with Crippen LogP contribution in [0.25, 0.3) is 11.0 Å². The Hall–Kier alpha value is -1.10. The van der Waals surface area contributed by atoms with E-state index < -0.39 is 6.10 Å². The summed E-state index contributed by atoms with van der Waals surface area (Å²) in [5.41, 5.74) is 2.01. The number of aliphatic hydroxyl groups is 1. The lowest BCUT2D eigenvalue weighted by Gasteiger charge is -2.06. The average Bonchev–Trinajstić information content (AvgIpc) is 2.96. The van der Waals surface area contributed by atoms with Crippen molar-refractivity contribution in [3.63, 3.8) is 0 Å². The molecule has 19 heavy (non-hydrogen) atoms. The maximum absolute atomic E-state index is 10.3. The van der Waals surface area contributed by atoms with Crippen molar-refractivity contribution in [2.24, 2.45) is 0 Å². The molecule has 2 aromatic heterocycles. The van der Waals surface area contributed by atoms with Crippen LogP contribution in [0.2, 0.25) is 0 Å². The van der Waals surface area contributed by atoms with Gasteiger partial charge in [-0.05, 0) is 52.5 Å². The fourth-order valence-electron chi connectivity index (χ4n) is 2.09. The molecule has 3 rings (SSSR count).